The van der Waals surface area contributed by atoms with E-state index >= 15 is 0 Å². The van der Waals surface area contributed by atoms with Crippen molar-refractivity contribution in [3.8, 4) is 0 Å². The molecule has 3 rings (SSSR count). The van der Waals surface area contributed by atoms with Crippen LogP contribution < -0.4 is 0 Å². The number of likely N-dealkylation sites (tertiary alicyclic amines) is 1. The lowest BCUT2D eigenvalue weighted by Gasteiger charge is -2.53. The average Bonchev–Trinajstić information content (AvgIpc) is 2.92. The van der Waals surface area contributed by atoms with Gasteiger partial charge >= 0.3 is 5.97 Å². The predicted octanol–water partition coefficient (Wildman–Crippen LogP) is 6.49. The Morgan fingerprint density at radius 2 is 1.48 bits per heavy atom. The molecule has 254 valence electrons. The van der Waals surface area contributed by atoms with Crippen molar-refractivity contribution in [1.82, 2.24) is 9.21 Å². The van der Waals surface area contributed by atoms with Gasteiger partial charge in [0.15, 0.2) is 8.32 Å². The second-order valence-corrected chi connectivity index (χ2v) is 21.6. The first kappa shape index (κ1) is 37.4. The highest BCUT2D eigenvalue weighted by molar-refractivity contribution is 7.89. The fourth-order valence-corrected chi connectivity index (χ4v) is 8.70. The summed E-state index contributed by atoms with van der Waals surface area (Å²) in [5.41, 5.74) is 0.746. The lowest BCUT2D eigenvalue weighted by molar-refractivity contribution is -0.179. The molecule has 0 N–H and O–H groups in total. The van der Waals surface area contributed by atoms with Gasteiger partial charge in [-0.1, -0.05) is 75.7 Å². The van der Waals surface area contributed by atoms with Gasteiger partial charge in [0, 0.05) is 0 Å². The van der Waals surface area contributed by atoms with Gasteiger partial charge in [-0.3, -0.25) is 14.4 Å². The van der Waals surface area contributed by atoms with E-state index in [1.807, 2.05) is 19.9 Å². The number of carbonyl (C=O) groups excluding carboxylic acids is 3. The molecule has 11 heteroatoms. The minimum atomic E-state index is -4.33. The van der Waals surface area contributed by atoms with Gasteiger partial charge in [-0.15, -0.1) is 0 Å². The number of hydrogen-bond acceptors (Lipinski definition) is 7. The van der Waals surface area contributed by atoms with Crippen LogP contribution in [0.4, 0.5) is 0 Å². The molecule has 0 unspecified atom stereocenters. The Bertz CT molecular complexity index is 1510. The molecule has 5 atom stereocenters. The smallest absolute Gasteiger partial charge is 0.326 e. The maximum absolute atomic E-state index is 14.6. The van der Waals surface area contributed by atoms with Crippen LogP contribution in [0, 0.1) is 18.8 Å². The molecule has 0 saturated carbocycles. The van der Waals surface area contributed by atoms with Crippen LogP contribution in [0.2, 0.25) is 18.1 Å². The highest BCUT2D eigenvalue weighted by Gasteiger charge is 2.57. The summed E-state index contributed by atoms with van der Waals surface area (Å²) in [6, 6.07) is 13.7. The van der Waals surface area contributed by atoms with Gasteiger partial charge in [-0.05, 0) is 77.4 Å². The highest BCUT2D eigenvalue weighted by atomic mass is 32.2. The summed E-state index contributed by atoms with van der Waals surface area (Å²) in [7, 11) is -6.66. The summed E-state index contributed by atoms with van der Waals surface area (Å²) < 4.78 is 41.6. The minimum Gasteiger partial charge on any atom is -0.459 e. The standard InChI is InChI=1S/C35H52N2O7SSi/c1-23-18-20-28(21-19-23)45(41,42)37(25(3)27-16-14-13-15-17-27)32(39)24(2)31-30(26(4)44-46(11,12)35(8,9)10)33(40)36(31)22-29(38)43-34(5,6)7/h13-21,24-26,30-31H,22H2,1-12H3/t24-,25-,26-,30+,31-/m1/s1. The maximum Gasteiger partial charge on any atom is 0.326 e. The molecular formula is C35H52N2O7SSi. The van der Waals surface area contributed by atoms with Crippen molar-refractivity contribution in [2.75, 3.05) is 6.54 Å². The summed E-state index contributed by atoms with van der Waals surface area (Å²) in [6.45, 7) is 22.3. The summed E-state index contributed by atoms with van der Waals surface area (Å²) in [6.07, 6.45) is -0.572. The fourth-order valence-electron chi connectivity index (χ4n) is 5.62. The van der Waals surface area contributed by atoms with Gasteiger partial charge in [0.1, 0.15) is 12.1 Å². The minimum absolute atomic E-state index is 0.0112. The molecule has 2 aromatic carbocycles. The number of amides is 2. The van der Waals surface area contributed by atoms with Gasteiger partial charge in [0.2, 0.25) is 11.8 Å². The van der Waals surface area contributed by atoms with Crippen molar-refractivity contribution in [3.05, 3.63) is 65.7 Å². The van der Waals surface area contributed by atoms with E-state index < -0.39 is 65.8 Å². The Hall–Kier alpha value is -3.02. The van der Waals surface area contributed by atoms with E-state index in [0.717, 1.165) is 9.87 Å². The lowest BCUT2D eigenvalue weighted by atomic mass is 9.76. The molecule has 1 fully saturated rings. The molecule has 2 aromatic rings. The third-order valence-electron chi connectivity index (χ3n) is 9.14. The molecule has 0 radical (unpaired) electrons. The molecule has 1 aliphatic heterocycles. The summed E-state index contributed by atoms with van der Waals surface area (Å²) >= 11 is 0. The van der Waals surface area contributed by atoms with E-state index in [-0.39, 0.29) is 22.4 Å². The van der Waals surface area contributed by atoms with Crippen molar-refractivity contribution in [2.45, 2.75) is 116 Å². The average molecular weight is 673 g/mol. The van der Waals surface area contributed by atoms with Gasteiger partial charge in [-0.2, -0.15) is 0 Å². The van der Waals surface area contributed by atoms with Gasteiger partial charge in [0.05, 0.1) is 34.9 Å². The zero-order chi connectivity index (χ0) is 35.0. The van der Waals surface area contributed by atoms with Gasteiger partial charge in [0.25, 0.3) is 10.0 Å². The number of benzene rings is 2. The summed E-state index contributed by atoms with van der Waals surface area (Å²) in [5, 5.41) is -0.134. The van der Waals surface area contributed by atoms with E-state index in [1.165, 1.54) is 17.0 Å². The second kappa shape index (κ2) is 13.6. The molecule has 1 saturated heterocycles. The molecule has 46 heavy (non-hydrogen) atoms. The number of esters is 1. The summed E-state index contributed by atoms with van der Waals surface area (Å²) in [5.74, 6) is -3.36. The monoisotopic (exact) mass is 672 g/mol. The van der Waals surface area contributed by atoms with Crippen molar-refractivity contribution in [1.29, 1.82) is 0 Å². The number of aryl methyl sites for hydroxylation is 1. The number of rotatable bonds is 11. The van der Waals surface area contributed by atoms with E-state index in [0.29, 0.717) is 5.56 Å². The van der Waals surface area contributed by atoms with Crippen molar-refractivity contribution >= 4 is 36.1 Å². The fraction of sp³-hybridized carbons (Fsp3) is 0.571. The van der Waals surface area contributed by atoms with Gasteiger partial charge < -0.3 is 14.1 Å². The van der Waals surface area contributed by atoms with Crippen LogP contribution in [0.3, 0.4) is 0 Å². The van der Waals surface area contributed by atoms with Crippen LogP contribution in [0.5, 0.6) is 0 Å². The first-order valence-electron chi connectivity index (χ1n) is 15.9. The van der Waals surface area contributed by atoms with Crippen LogP contribution in [0.15, 0.2) is 59.5 Å². The number of sulfonamides is 1. The first-order chi connectivity index (χ1) is 21.0. The zero-order valence-corrected chi connectivity index (χ0v) is 31.3. The molecule has 1 aliphatic rings. The predicted molar refractivity (Wildman–Crippen MR) is 182 cm³/mol. The summed E-state index contributed by atoms with van der Waals surface area (Å²) in [4.78, 5) is 42.7. The van der Waals surface area contributed by atoms with Crippen LogP contribution in [-0.2, 0) is 33.6 Å². The van der Waals surface area contributed by atoms with Crippen LogP contribution >= 0.6 is 0 Å². The van der Waals surface area contributed by atoms with Crippen LogP contribution in [0.1, 0.15) is 79.5 Å². The van der Waals surface area contributed by atoms with Crippen LogP contribution in [-0.4, -0.2) is 68.0 Å². The van der Waals surface area contributed by atoms with Crippen molar-refractivity contribution in [3.63, 3.8) is 0 Å². The van der Waals surface area contributed by atoms with Crippen LogP contribution in [0.25, 0.3) is 0 Å². The zero-order valence-electron chi connectivity index (χ0n) is 29.5. The Kier molecular flexibility index (Phi) is 11.1. The van der Waals surface area contributed by atoms with Crippen molar-refractivity contribution in [2.24, 2.45) is 11.8 Å². The number of β-lactam (4-membered cyclic amide) rings is 1. The normalized spacial score (nSPS) is 19.6. The first-order valence-corrected chi connectivity index (χ1v) is 20.2. The third kappa shape index (κ3) is 8.09. The molecule has 1 heterocycles. The maximum atomic E-state index is 14.6. The molecule has 0 aliphatic carbocycles. The molecule has 9 nitrogen and oxygen atoms in total. The Balaban J connectivity index is 2.09. The Labute approximate surface area is 276 Å². The molecule has 0 bridgehead atoms. The Morgan fingerprint density at radius 1 is 0.935 bits per heavy atom. The number of nitrogens with zero attached hydrogens (tertiary/aromatic N) is 2. The number of hydrogen-bond donors (Lipinski definition) is 0. The molecule has 0 spiro atoms. The number of ether oxygens (including phenoxy) is 1. The van der Waals surface area contributed by atoms with E-state index in [2.05, 4.69) is 33.9 Å². The number of carbonyl (C=O) groups is 3. The second-order valence-electron chi connectivity index (χ2n) is 15.0. The van der Waals surface area contributed by atoms with E-state index in [9.17, 15) is 22.8 Å². The highest BCUT2D eigenvalue weighted by Crippen LogP contribution is 2.43. The molecular weight excluding hydrogens is 621 g/mol. The van der Waals surface area contributed by atoms with Crippen molar-refractivity contribution < 1.29 is 32.0 Å². The Morgan fingerprint density at radius 3 is 1.98 bits per heavy atom. The SMILES string of the molecule is Cc1ccc(S(=O)(=O)N(C(=O)[C@H](C)[C@@H]2[C@H]([C@@H](C)O[Si](C)(C)C(C)(C)C)C(=O)N2CC(=O)OC(C)(C)C)[C@H](C)c2ccccc2)cc1. The van der Waals surface area contributed by atoms with E-state index in [1.54, 1.807) is 71.0 Å². The molecule has 0 aromatic heterocycles. The lowest BCUT2D eigenvalue weighted by Crippen LogP contribution is -2.70. The quantitative estimate of drug-likeness (QED) is 0.153. The van der Waals surface area contributed by atoms with Gasteiger partial charge in [-0.25, -0.2) is 12.7 Å². The molecule has 2 amide bonds. The van der Waals surface area contributed by atoms with E-state index in [4.69, 9.17) is 9.16 Å². The largest absolute Gasteiger partial charge is 0.459 e. The third-order valence-corrected chi connectivity index (χ3v) is 15.6. The topological polar surface area (TPSA) is 110 Å².